The van der Waals surface area contributed by atoms with Crippen LogP contribution in [0, 0.1) is 11.3 Å². The molecule has 0 atom stereocenters. The number of rotatable bonds is 2. The summed E-state index contributed by atoms with van der Waals surface area (Å²) < 4.78 is 0. The summed E-state index contributed by atoms with van der Waals surface area (Å²) in [7, 11) is 0. The maximum Gasteiger partial charge on any atom is 0.0669 e. The first-order valence-electron chi connectivity index (χ1n) is 5.86. The fourth-order valence-corrected chi connectivity index (χ4v) is 2.43. The second-order valence-electron chi connectivity index (χ2n) is 4.41. The minimum Gasteiger partial charge on any atom is -0.198 e. The molecule has 0 amide bonds. The molecule has 1 fully saturated rings. The highest BCUT2D eigenvalue weighted by Crippen LogP contribution is 2.32. The minimum atomic E-state index is 0.533. The van der Waals surface area contributed by atoms with E-state index in [-0.39, 0.29) is 0 Å². The molecule has 1 aromatic rings. The standard InChI is InChI=1S/C14H17N/c15-11-10-12-6-8-14(9-7-12)13-4-2-1-3-5-13/h6-9,13H,1-5,10H2. The predicted octanol–water partition coefficient (Wildman–Crippen LogP) is 3.80. The molecule has 0 unspecified atom stereocenters. The zero-order valence-electron chi connectivity index (χ0n) is 9.08. The number of nitrogens with zero attached hydrogens (tertiary/aromatic N) is 1. The summed E-state index contributed by atoms with van der Waals surface area (Å²) in [5.41, 5.74) is 2.61. The van der Waals surface area contributed by atoms with E-state index in [9.17, 15) is 0 Å². The largest absolute Gasteiger partial charge is 0.198 e. The van der Waals surface area contributed by atoms with E-state index in [0.717, 1.165) is 11.5 Å². The van der Waals surface area contributed by atoms with Crippen LogP contribution in [0.15, 0.2) is 24.3 Å². The van der Waals surface area contributed by atoms with Crippen LogP contribution in [-0.4, -0.2) is 0 Å². The zero-order valence-corrected chi connectivity index (χ0v) is 9.08. The van der Waals surface area contributed by atoms with Gasteiger partial charge in [-0.2, -0.15) is 5.26 Å². The summed E-state index contributed by atoms with van der Waals surface area (Å²) in [5, 5.41) is 8.59. The molecular weight excluding hydrogens is 182 g/mol. The molecule has 0 N–H and O–H groups in total. The van der Waals surface area contributed by atoms with Crippen LogP contribution in [0.1, 0.15) is 49.1 Å². The average molecular weight is 199 g/mol. The lowest BCUT2D eigenvalue weighted by atomic mass is 9.84. The van der Waals surface area contributed by atoms with Gasteiger partial charge in [0.05, 0.1) is 12.5 Å². The third-order valence-electron chi connectivity index (χ3n) is 3.34. The van der Waals surface area contributed by atoms with Gasteiger partial charge in [-0.25, -0.2) is 0 Å². The van der Waals surface area contributed by atoms with E-state index in [1.54, 1.807) is 0 Å². The fourth-order valence-electron chi connectivity index (χ4n) is 2.43. The lowest BCUT2D eigenvalue weighted by molar-refractivity contribution is 0.443. The van der Waals surface area contributed by atoms with Gasteiger partial charge in [0.1, 0.15) is 0 Å². The molecule has 1 nitrogen and oxygen atoms in total. The highest BCUT2D eigenvalue weighted by atomic mass is 14.2. The van der Waals surface area contributed by atoms with Crippen molar-refractivity contribution in [2.45, 2.75) is 44.4 Å². The van der Waals surface area contributed by atoms with Gasteiger partial charge in [0.15, 0.2) is 0 Å². The Morgan fingerprint density at radius 2 is 1.73 bits per heavy atom. The molecular formula is C14H17N. The van der Waals surface area contributed by atoms with E-state index in [4.69, 9.17) is 5.26 Å². The van der Waals surface area contributed by atoms with E-state index in [0.29, 0.717) is 6.42 Å². The SMILES string of the molecule is N#CCc1ccc(C2CCCCC2)cc1. The molecule has 1 aliphatic carbocycles. The Morgan fingerprint density at radius 1 is 1.07 bits per heavy atom. The molecule has 2 rings (SSSR count). The van der Waals surface area contributed by atoms with Crippen molar-refractivity contribution < 1.29 is 0 Å². The Labute approximate surface area is 91.7 Å². The maximum absolute atomic E-state index is 8.59. The van der Waals surface area contributed by atoms with E-state index in [1.165, 1.54) is 37.7 Å². The van der Waals surface area contributed by atoms with Gasteiger partial charge in [-0.3, -0.25) is 0 Å². The third kappa shape index (κ3) is 2.59. The van der Waals surface area contributed by atoms with Crippen LogP contribution in [0.2, 0.25) is 0 Å². The quantitative estimate of drug-likeness (QED) is 0.710. The molecule has 0 radical (unpaired) electrons. The molecule has 78 valence electrons. The fraction of sp³-hybridized carbons (Fsp3) is 0.500. The van der Waals surface area contributed by atoms with Gasteiger partial charge < -0.3 is 0 Å². The monoisotopic (exact) mass is 199 g/mol. The zero-order chi connectivity index (χ0) is 10.5. The van der Waals surface area contributed by atoms with Crippen LogP contribution in [0.3, 0.4) is 0 Å². The van der Waals surface area contributed by atoms with Crippen molar-refractivity contribution in [3.05, 3.63) is 35.4 Å². The first-order valence-corrected chi connectivity index (χ1v) is 5.86. The first-order chi connectivity index (χ1) is 7.40. The number of hydrogen-bond acceptors (Lipinski definition) is 1. The number of nitriles is 1. The van der Waals surface area contributed by atoms with Crippen molar-refractivity contribution in [3.63, 3.8) is 0 Å². The Hall–Kier alpha value is -1.29. The highest BCUT2D eigenvalue weighted by Gasteiger charge is 2.14. The number of hydrogen-bond donors (Lipinski definition) is 0. The van der Waals surface area contributed by atoms with Crippen LogP contribution in [0.25, 0.3) is 0 Å². The van der Waals surface area contributed by atoms with Crippen LogP contribution < -0.4 is 0 Å². The molecule has 1 saturated carbocycles. The van der Waals surface area contributed by atoms with Gasteiger partial charge >= 0.3 is 0 Å². The van der Waals surface area contributed by atoms with E-state index in [2.05, 4.69) is 30.3 Å². The molecule has 15 heavy (non-hydrogen) atoms. The van der Waals surface area contributed by atoms with Gasteiger partial charge in [0, 0.05) is 0 Å². The summed E-state index contributed by atoms with van der Waals surface area (Å²) in [6.07, 6.45) is 7.39. The molecule has 0 bridgehead atoms. The molecule has 0 aromatic heterocycles. The van der Waals surface area contributed by atoms with Gasteiger partial charge in [0.25, 0.3) is 0 Å². The summed E-state index contributed by atoms with van der Waals surface area (Å²) in [6.45, 7) is 0. The van der Waals surface area contributed by atoms with Gasteiger partial charge in [-0.05, 0) is 29.9 Å². The van der Waals surface area contributed by atoms with Crippen LogP contribution >= 0.6 is 0 Å². The summed E-state index contributed by atoms with van der Waals surface area (Å²) in [6, 6.07) is 10.8. The molecule has 1 aromatic carbocycles. The van der Waals surface area contributed by atoms with E-state index in [1.807, 2.05) is 0 Å². The highest BCUT2D eigenvalue weighted by molar-refractivity contribution is 5.27. The molecule has 1 aliphatic rings. The lowest BCUT2D eigenvalue weighted by Crippen LogP contribution is -2.04. The third-order valence-corrected chi connectivity index (χ3v) is 3.34. The Morgan fingerprint density at radius 3 is 2.33 bits per heavy atom. The van der Waals surface area contributed by atoms with Crippen molar-refractivity contribution in [2.75, 3.05) is 0 Å². The van der Waals surface area contributed by atoms with Crippen molar-refractivity contribution in [1.29, 1.82) is 5.26 Å². The van der Waals surface area contributed by atoms with Gasteiger partial charge in [-0.15, -0.1) is 0 Å². The van der Waals surface area contributed by atoms with Crippen molar-refractivity contribution in [1.82, 2.24) is 0 Å². The van der Waals surface area contributed by atoms with E-state index >= 15 is 0 Å². The van der Waals surface area contributed by atoms with Crippen LogP contribution in [0.5, 0.6) is 0 Å². The van der Waals surface area contributed by atoms with Crippen LogP contribution in [0.4, 0.5) is 0 Å². The number of benzene rings is 1. The summed E-state index contributed by atoms with van der Waals surface area (Å²) in [5.74, 6) is 0.773. The predicted molar refractivity (Wildman–Crippen MR) is 61.6 cm³/mol. The molecule has 0 heterocycles. The molecule has 0 spiro atoms. The molecule has 1 heteroatoms. The second-order valence-corrected chi connectivity index (χ2v) is 4.41. The van der Waals surface area contributed by atoms with Crippen LogP contribution in [-0.2, 0) is 6.42 Å². The van der Waals surface area contributed by atoms with Crippen molar-refractivity contribution in [2.24, 2.45) is 0 Å². The summed E-state index contributed by atoms with van der Waals surface area (Å²) in [4.78, 5) is 0. The second kappa shape index (κ2) is 4.98. The molecule has 0 saturated heterocycles. The van der Waals surface area contributed by atoms with E-state index < -0.39 is 0 Å². The average Bonchev–Trinajstić information content (AvgIpc) is 2.32. The topological polar surface area (TPSA) is 23.8 Å². The lowest BCUT2D eigenvalue weighted by Gasteiger charge is -2.21. The van der Waals surface area contributed by atoms with Crippen molar-refractivity contribution in [3.8, 4) is 6.07 Å². The van der Waals surface area contributed by atoms with Gasteiger partial charge in [0.2, 0.25) is 0 Å². The van der Waals surface area contributed by atoms with Crippen molar-refractivity contribution >= 4 is 0 Å². The molecule has 0 aliphatic heterocycles. The Balaban J connectivity index is 2.05. The minimum absolute atomic E-state index is 0.533. The summed E-state index contributed by atoms with van der Waals surface area (Å²) >= 11 is 0. The Kier molecular flexibility index (Phi) is 3.40. The first kappa shape index (κ1) is 10.2. The normalized spacial score (nSPS) is 17.3. The smallest absolute Gasteiger partial charge is 0.0669 e. The van der Waals surface area contributed by atoms with Gasteiger partial charge in [-0.1, -0.05) is 43.5 Å². The maximum atomic E-state index is 8.59. The Bertz CT molecular complexity index is 339.